The Morgan fingerprint density at radius 3 is 1.27 bits per heavy atom. The molecule has 0 bridgehead atoms. The van der Waals surface area contributed by atoms with Crippen LogP contribution in [-0.2, 0) is 35.2 Å². The van der Waals surface area contributed by atoms with Crippen LogP contribution in [-0.4, -0.2) is 9.52 Å². The van der Waals surface area contributed by atoms with Gasteiger partial charge in [-0.2, -0.15) is 0 Å². The van der Waals surface area contributed by atoms with Crippen molar-refractivity contribution in [3.8, 4) is 0 Å². The van der Waals surface area contributed by atoms with E-state index in [1.54, 1.807) is 0 Å². The molecule has 2 radical (unpaired) electrons. The van der Waals surface area contributed by atoms with E-state index in [9.17, 15) is 0 Å². The van der Waals surface area contributed by atoms with E-state index in [-0.39, 0.29) is 26.2 Å². The molecule has 2 aromatic carbocycles. The van der Waals surface area contributed by atoms with Crippen molar-refractivity contribution in [3.05, 3.63) is 79.9 Å². The molecule has 0 spiro atoms. The SMILES string of the molecule is CC1=C(C)C(Cl)([Si]C2(Cl)C(C)=C(C)c3c(C)cc(C)cc32)c2cc(C)cc(C)c21.[Zr]. The Morgan fingerprint density at radius 1 is 0.600 bits per heavy atom. The van der Waals surface area contributed by atoms with Crippen LogP contribution in [0.4, 0.5) is 0 Å². The van der Waals surface area contributed by atoms with Gasteiger partial charge in [0, 0.05) is 26.2 Å². The summed E-state index contributed by atoms with van der Waals surface area (Å²) in [6, 6.07) is 9.05. The van der Waals surface area contributed by atoms with Crippen LogP contribution < -0.4 is 0 Å². The zero-order chi connectivity index (χ0) is 21.5. The zero-order valence-electron chi connectivity index (χ0n) is 19.1. The normalized spacial score (nSPS) is 24.9. The quantitative estimate of drug-likeness (QED) is 0.275. The molecule has 2 aromatic rings. The molecule has 0 N–H and O–H groups in total. The van der Waals surface area contributed by atoms with Gasteiger partial charge in [-0.15, -0.1) is 23.2 Å². The second-order valence-corrected chi connectivity index (χ2v) is 12.5. The van der Waals surface area contributed by atoms with Gasteiger partial charge in [-0.1, -0.05) is 35.4 Å². The third-order valence-corrected chi connectivity index (χ3v) is 10.5. The fourth-order valence-corrected chi connectivity index (χ4v) is 8.79. The van der Waals surface area contributed by atoms with Crippen molar-refractivity contribution in [2.75, 3.05) is 0 Å². The van der Waals surface area contributed by atoms with Crippen molar-refractivity contribution in [1.29, 1.82) is 0 Å². The molecule has 154 valence electrons. The summed E-state index contributed by atoms with van der Waals surface area (Å²) in [5, 5.41) is 0. The summed E-state index contributed by atoms with van der Waals surface area (Å²) in [7, 11) is 0.313. The maximum Gasteiger partial charge on any atom is 0.118 e. The Bertz CT molecular complexity index is 1050. The smallest absolute Gasteiger partial charge is 0.114 e. The molecule has 2 unspecified atom stereocenters. The van der Waals surface area contributed by atoms with E-state index in [0.717, 1.165) is 0 Å². The Hall–Kier alpha value is -0.400. The van der Waals surface area contributed by atoms with Crippen LogP contribution in [0.5, 0.6) is 0 Å². The van der Waals surface area contributed by atoms with Crippen molar-refractivity contribution in [2.45, 2.75) is 64.4 Å². The molecule has 0 nitrogen and oxygen atoms in total. The number of rotatable bonds is 2. The van der Waals surface area contributed by atoms with Crippen molar-refractivity contribution >= 4 is 43.9 Å². The summed E-state index contributed by atoms with van der Waals surface area (Å²) in [6.07, 6.45) is 0. The first kappa shape index (κ1) is 24.2. The minimum absolute atomic E-state index is 0. The molecule has 0 heterocycles. The molecule has 4 rings (SSSR count). The van der Waals surface area contributed by atoms with E-state index in [0.29, 0.717) is 9.52 Å². The molecule has 0 saturated carbocycles. The average Bonchev–Trinajstić information content (AvgIpc) is 2.92. The Morgan fingerprint density at radius 2 is 0.933 bits per heavy atom. The summed E-state index contributed by atoms with van der Waals surface area (Å²) < 4.78 is -1.14. The van der Waals surface area contributed by atoms with Crippen LogP contribution in [0, 0.1) is 27.7 Å². The van der Waals surface area contributed by atoms with Gasteiger partial charge in [0.1, 0.15) is 9.52 Å². The van der Waals surface area contributed by atoms with Gasteiger partial charge in [0.05, 0.1) is 8.99 Å². The first-order chi connectivity index (χ1) is 13.4. The van der Waals surface area contributed by atoms with Gasteiger partial charge in [-0.05, 0) is 111 Å². The Balaban J connectivity index is 0.00000256. The minimum Gasteiger partial charge on any atom is -0.114 e. The Kier molecular flexibility index (Phi) is 6.36. The third-order valence-electron chi connectivity index (χ3n) is 6.95. The van der Waals surface area contributed by atoms with E-state index in [1.807, 2.05) is 0 Å². The first-order valence-corrected chi connectivity index (χ1v) is 11.9. The maximum absolute atomic E-state index is 7.57. The van der Waals surface area contributed by atoms with E-state index < -0.39 is 8.99 Å². The van der Waals surface area contributed by atoms with Crippen LogP contribution >= 0.6 is 23.2 Å². The second kappa shape index (κ2) is 7.87. The van der Waals surface area contributed by atoms with Crippen LogP contribution in [0.2, 0.25) is 0 Å². The van der Waals surface area contributed by atoms with Gasteiger partial charge in [0.2, 0.25) is 0 Å². The molecular weight excluding hydrogens is 503 g/mol. The molecule has 0 saturated heterocycles. The minimum atomic E-state index is -0.571. The number of benzene rings is 2. The van der Waals surface area contributed by atoms with Gasteiger partial charge in [-0.25, -0.2) is 0 Å². The summed E-state index contributed by atoms with van der Waals surface area (Å²) in [6.45, 7) is 17.5. The second-order valence-electron chi connectivity index (χ2n) is 8.95. The summed E-state index contributed by atoms with van der Waals surface area (Å²) in [4.78, 5) is 0. The molecule has 4 heteroatoms. The number of allylic oxidation sites excluding steroid dienone is 4. The molecule has 30 heavy (non-hydrogen) atoms. The first-order valence-electron chi connectivity index (χ1n) is 10.2. The van der Waals surface area contributed by atoms with Crippen molar-refractivity contribution in [2.24, 2.45) is 0 Å². The largest absolute Gasteiger partial charge is 0.118 e. The van der Waals surface area contributed by atoms with E-state index in [2.05, 4.69) is 79.7 Å². The van der Waals surface area contributed by atoms with E-state index in [4.69, 9.17) is 23.2 Å². The predicted octanol–water partition coefficient (Wildman–Crippen LogP) is 7.72. The number of fused-ring (bicyclic) bond motifs is 2. The standard InChI is InChI=1S/C26H28Cl2Si.Zr/c1-13-9-15(3)23-17(5)19(7)25(27,21(23)11-13)29-26(28)20(8)18(6)24-16(4)10-14(2)12-22(24)26;/h9-12H,1-8H3;. The van der Waals surface area contributed by atoms with Crippen LogP contribution in [0.1, 0.15) is 72.2 Å². The summed E-state index contributed by atoms with van der Waals surface area (Å²) in [5.41, 5.74) is 15.3. The molecule has 0 aliphatic heterocycles. The van der Waals surface area contributed by atoms with Crippen LogP contribution in [0.25, 0.3) is 11.1 Å². The predicted molar refractivity (Wildman–Crippen MR) is 129 cm³/mol. The van der Waals surface area contributed by atoms with Crippen LogP contribution in [0.3, 0.4) is 0 Å². The number of aryl methyl sites for hydroxylation is 4. The Labute approximate surface area is 213 Å². The van der Waals surface area contributed by atoms with Gasteiger partial charge in [0.15, 0.2) is 0 Å². The van der Waals surface area contributed by atoms with Crippen molar-refractivity contribution < 1.29 is 26.2 Å². The summed E-state index contributed by atoms with van der Waals surface area (Å²) >= 11 is 15.1. The molecule has 2 aliphatic carbocycles. The van der Waals surface area contributed by atoms with E-state index in [1.165, 1.54) is 66.8 Å². The molecular formula is C26H28Cl2SiZr. The maximum atomic E-state index is 7.57. The molecule has 2 aliphatic rings. The number of hydrogen-bond acceptors (Lipinski definition) is 0. The fourth-order valence-electron chi connectivity index (χ4n) is 5.33. The summed E-state index contributed by atoms with van der Waals surface area (Å²) in [5.74, 6) is 0. The van der Waals surface area contributed by atoms with Gasteiger partial charge in [-0.3, -0.25) is 0 Å². The van der Waals surface area contributed by atoms with Crippen molar-refractivity contribution in [3.63, 3.8) is 0 Å². The number of halogens is 2. The number of alkyl halides is 2. The molecule has 2 atom stereocenters. The molecule has 0 aromatic heterocycles. The molecule has 0 amide bonds. The zero-order valence-corrected chi connectivity index (χ0v) is 24.0. The third kappa shape index (κ3) is 3.24. The number of hydrogen-bond donors (Lipinski definition) is 0. The van der Waals surface area contributed by atoms with E-state index >= 15 is 0 Å². The fraction of sp³-hybridized carbons (Fsp3) is 0.385. The van der Waals surface area contributed by atoms with Gasteiger partial charge < -0.3 is 0 Å². The van der Waals surface area contributed by atoms with Gasteiger partial charge in [0.25, 0.3) is 0 Å². The van der Waals surface area contributed by atoms with Gasteiger partial charge >= 0.3 is 0 Å². The van der Waals surface area contributed by atoms with Crippen molar-refractivity contribution in [1.82, 2.24) is 0 Å². The van der Waals surface area contributed by atoms with Crippen LogP contribution in [0.15, 0.2) is 35.4 Å². The average molecular weight is 531 g/mol. The topological polar surface area (TPSA) is 0 Å². The molecule has 0 fully saturated rings. The monoisotopic (exact) mass is 528 g/mol.